The summed E-state index contributed by atoms with van der Waals surface area (Å²) in [4.78, 5) is 15.7. The molecule has 0 aromatic heterocycles. The highest BCUT2D eigenvalue weighted by molar-refractivity contribution is 5.67. The summed E-state index contributed by atoms with van der Waals surface area (Å²) in [5.74, 6) is 0.921. The standard InChI is InChI=1S/C16H24N2O3/c1-2-20-16(19)18-12-10-17(11-13-18)9-6-14-21-15-7-4-3-5-8-15/h3-5,7-8H,2,6,9-14H2,1H3. The molecule has 1 fully saturated rings. The van der Waals surface area contributed by atoms with Crippen LogP contribution in [-0.4, -0.2) is 61.8 Å². The number of carbonyl (C=O) groups is 1. The zero-order chi connectivity index (χ0) is 14.9. The van der Waals surface area contributed by atoms with E-state index in [4.69, 9.17) is 9.47 Å². The molecule has 21 heavy (non-hydrogen) atoms. The number of piperazine rings is 1. The minimum Gasteiger partial charge on any atom is -0.494 e. The zero-order valence-electron chi connectivity index (χ0n) is 12.7. The Morgan fingerprint density at radius 3 is 2.52 bits per heavy atom. The van der Waals surface area contributed by atoms with E-state index in [0.717, 1.165) is 51.5 Å². The molecule has 0 spiro atoms. The number of ether oxygens (including phenoxy) is 2. The minimum atomic E-state index is -0.190. The van der Waals surface area contributed by atoms with Crippen molar-refractivity contribution in [2.75, 3.05) is 45.9 Å². The lowest BCUT2D eigenvalue weighted by Crippen LogP contribution is -2.49. The Morgan fingerprint density at radius 1 is 1.14 bits per heavy atom. The first-order valence-electron chi connectivity index (χ1n) is 7.61. The molecule has 0 N–H and O–H groups in total. The Labute approximate surface area is 126 Å². The molecule has 116 valence electrons. The second-order valence-corrected chi connectivity index (χ2v) is 5.04. The third-order valence-electron chi connectivity index (χ3n) is 3.53. The van der Waals surface area contributed by atoms with Gasteiger partial charge < -0.3 is 14.4 Å². The predicted octanol–water partition coefficient (Wildman–Crippen LogP) is 2.23. The fourth-order valence-corrected chi connectivity index (χ4v) is 2.36. The van der Waals surface area contributed by atoms with E-state index in [1.807, 2.05) is 37.3 Å². The minimum absolute atomic E-state index is 0.190. The van der Waals surface area contributed by atoms with Crippen molar-refractivity contribution in [3.63, 3.8) is 0 Å². The number of amides is 1. The van der Waals surface area contributed by atoms with Gasteiger partial charge >= 0.3 is 6.09 Å². The molecule has 2 rings (SSSR count). The first kappa shape index (κ1) is 15.6. The molecule has 0 atom stereocenters. The summed E-state index contributed by atoms with van der Waals surface area (Å²) in [6, 6.07) is 9.87. The van der Waals surface area contributed by atoms with Crippen molar-refractivity contribution in [3.8, 4) is 5.75 Å². The van der Waals surface area contributed by atoms with Gasteiger partial charge in [0.2, 0.25) is 0 Å². The summed E-state index contributed by atoms with van der Waals surface area (Å²) in [6.45, 7) is 7.31. The molecule has 1 saturated heterocycles. The Hall–Kier alpha value is -1.75. The summed E-state index contributed by atoms with van der Waals surface area (Å²) in [7, 11) is 0. The number of rotatable bonds is 6. The molecule has 1 aromatic carbocycles. The summed E-state index contributed by atoms with van der Waals surface area (Å²) >= 11 is 0. The van der Waals surface area contributed by atoms with Crippen molar-refractivity contribution in [2.45, 2.75) is 13.3 Å². The second-order valence-electron chi connectivity index (χ2n) is 5.04. The maximum absolute atomic E-state index is 11.6. The molecular formula is C16H24N2O3. The first-order chi connectivity index (χ1) is 10.3. The van der Waals surface area contributed by atoms with Crippen LogP contribution in [0.1, 0.15) is 13.3 Å². The largest absolute Gasteiger partial charge is 0.494 e. The topological polar surface area (TPSA) is 42.0 Å². The van der Waals surface area contributed by atoms with Crippen molar-refractivity contribution >= 4 is 6.09 Å². The Bertz CT molecular complexity index is 417. The van der Waals surface area contributed by atoms with E-state index in [9.17, 15) is 4.79 Å². The smallest absolute Gasteiger partial charge is 0.409 e. The highest BCUT2D eigenvalue weighted by Crippen LogP contribution is 2.09. The van der Waals surface area contributed by atoms with Gasteiger partial charge in [-0.15, -0.1) is 0 Å². The molecule has 0 aliphatic carbocycles. The third kappa shape index (κ3) is 5.27. The van der Waals surface area contributed by atoms with E-state index in [1.54, 1.807) is 4.90 Å². The van der Waals surface area contributed by atoms with Crippen LogP contribution in [0, 0.1) is 0 Å². The highest BCUT2D eigenvalue weighted by Gasteiger charge is 2.21. The zero-order valence-corrected chi connectivity index (χ0v) is 12.7. The summed E-state index contributed by atoms with van der Waals surface area (Å²) in [6.07, 6.45) is 0.804. The van der Waals surface area contributed by atoms with Crippen LogP contribution in [0.5, 0.6) is 5.75 Å². The highest BCUT2D eigenvalue weighted by atomic mass is 16.6. The second kappa shape index (κ2) is 8.52. The van der Waals surface area contributed by atoms with Gasteiger partial charge in [-0.05, 0) is 25.5 Å². The van der Waals surface area contributed by atoms with Crippen molar-refractivity contribution in [2.24, 2.45) is 0 Å². The van der Waals surface area contributed by atoms with Gasteiger partial charge in [0.1, 0.15) is 5.75 Å². The maximum Gasteiger partial charge on any atom is 0.409 e. The molecule has 5 nitrogen and oxygen atoms in total. The first-order valence-corrected chi connectivity index (χ1v) is 7.61. The molecule has 1 aliphatic heterocycles. The molecule has 1 amide bonds. The van der Waals surface area contributed by atoms with Gasteiger partial charge in [-0.3, -0.25) is 4.90 Å². The molecule has 0 bridgehead atoms. The van der Waals surface area contributed by atoms with Gasteiger partial charge in [0.15, 0.2) is 0 Å². The lowest BCUT2D eigenvalue weighted by atomic mass is 10.3. The van der Waals surface area contributed by atoms with Crippen LogP contribution >= 0.6 is 0 Å². The Morgan fingerprint density at radius 2 is 1.86 bits per heavy atom. The molecule has 1 aromatic rings. The van der Waals surface area contributed by atoms with Crippen molar-refractivity contribution in [3.05, 3.63) is 30.3 Å². The fraction of sp³-hybridized carbons (Fsp3) is 0.562. The summed E-state index contributed by atoms with van der Waals surface area (Å²) in [5.41, 5.74) is 0. The van der Waals surface area contributed by atoms with E-state index in [2.05, 4.69) is 4.90 Å². The van der Waals surface area contributed by atoms with Crippen molar-refractivity contribution in [1.82, 2.24) is 9.80 Å². The number of hydrogen-bond acceptors (Lipinski definition) is 4. The van der Waals surface area contributed by atoms with Gasteiger partial charge in [0.05, 0.1) is 13.2 Å². The van der Waals surface area contributed by atoms with E-state index in [1.165, 1.54) is 0 Å². The molecule has 0 radical (unpaired) electrons. The number of carbonyl (C=O) groups excluding carboxylic acids is 1. The van der Waals surface area contributed by atoms with Gasteiger partial charge in [0, 0.05) is 32.7 Å². The normalized spacial score (nSPS) is 15.8. The van der Waals surface area contributed by atoms with E-state index >= 15 is 0 Å². The number of nitrogens with zero attached hydrogens (tertiary/aromatic N) is 2. The number of hydrogen-bond donors (Lipinski definition) is 0. The molecule has 1 aliphatic rings. The number of benzene rings is 1. The van der Waals surface area contributed by atoms with Crippen LogP contribution in [0.2, 0.25) is 0 Å². The Kier molecular flexibility index (Phi) is 6.34. The molecule has 5 heteroatoms. The fourth-order valence-electron chi connectivity index (χ4n) is 2.36. The lowest BCUT2D eigenvalue weighted by Gasteiger charge is -2.33. The third-order valence-corrected chi connectivity index (χ3v) is 3.53. The van der Waals surface area contributed by atoms with E-state index in [0.29, 0.717) is 6.61 Å². The maximum atomic E-state index is 11.6. The summed E-state index contributed by atoms with van der Waals surface area (Å²) < 4.78 is 10.7. The van der Waals surface area contributed by atoms with E-state index < -0.39 is 0 Å². The SMILES string of the molecule is CCOC(=O)N1CCN(CCCOc2ccccc2)CC1. The van der Waals surface area contributed by atoms with E-state index in [-0.39, 0.29) is 6.09 Å². The van der Waals surface area contributed by atoms with Crippen LogP contribution in [0.3, 0.4) is 0 Å². The average molecular weight is 292 g/mol. The Balaban J connectivity index is 1.58. The molecule has 0 unspecified atom stereocenters. The molecule has 0 saturated carbocycles. The van der Waals surface area contributed by atoms with Crippen molar-refractivity contribution in [1.29, 1.82) is 0 Å². The van der Waals surface area contributed by atoms with Gasteiger partial charge in [-0.25, -0.2) is 4.79 Å². The quantitative estimate of drug-likeness (QED) is 0.754. The van der Waals surface area contributed by atoms with Crippen LogP contribution in [0.25, 0.3) is 0 Å². The molecule has 1 heterocycles. The predicted molar refractivity (Wildman–Crippen MR) is 81.6 cm³/mol. The van der Waals surface area contributed by atoms with Crippen LogP contribution in [0.15, 0.2) is 30.3 Å². The van der Waals surface area contributed by atoms with Crippen LogP contribution in [0.4, 0.5) is 4.79 Å². The average Bonchev–Trinajstić information content (AvgIpc) is 2.53. The number of para-hydroxylation sites is 1. The molecular weight excluding hydrogens is 268 g/mol. The lowest BCUT2D eigenvalue weighted by molar-refractivity contribution is 0.0782. The van der Waals surface area contributed by atoms with Gasteiger partial charge in [0.25, 0.3) is 0 Å². The van der Waals surface area contributed by atoms with Gasteiger partial charge in [-0.2, -0.15) is 0 Å². The monoisotopic (exact) mass is 292 g/mol. The van der Waals surface area contributed by atoms with Crippen LogP contribution < -0.4 is 4.74 Å². The van der Waals surface area contributed by atoms with Crippen molar-refractivity contribution < 1.29 is 14.3 Å². The van der Waals surface area contributed by atoms with Crippen LogP contribution in [-0.2, 0) is 4.74 Å². The van der Waals surface area contributed by atoms with Gasteiger partial charge in [-0.1, -0.05) is 18.2 Å². The summed E-state index contributed by atoms with van der Waals surface area (Å²) in [5, 5.41) is 0.